The van der Waals surface area contributed by atoms with Gasteiger partial charge < -0.3 is 20.1 Å². The van der Waals surface area contributed by atoms with Crippen molar-refractivity contribution in [3.05, 3.63) is 82.4 Å². The lowest BCUT2D eigenvalue weighted by Gasteiger charge is -2.26. The molecule has 3 aromatic rings. The van der Waals surface area contributed by atoms with Crippen LogP contribution in [0.4, 0.5) is 17.1 Å². The number of anilines is 2. The minimum absolute atomic E-state index is 0.0450. The number of amides is 2. The molecule has 0 aliphatic carbocycles. The summed E-state index contributed by atoms with van der Waals surface area (Å²) in [5, 5.41) is 17.0. The Labute approximate surface area is 225 Å². The summed E-state index contributed by atoms with van der Waals surface area (Å²) in [6.45, 7) is 1.54. The van der Waals surface area contributed by atoms with Crippen LogP contribution >= 0.6 is 0 Å². The lowest BCUT2D eigenvalue weighted by atomic mass is 10.1. The molecule has 0 atom stereocenters. The summed E-state index contributed by atoms with van der Waals surface area (Å²) in [7, 11) is -1.96. The first-order chi connectivity index (χ1) is 18.6. The second kappa shape index (κ2) is 12.7. The molecule has 39 heavy (non-hydrogen) atoms. The molecule has 0 aliphatic heterocycles. The van der Waals surface area contributed by atoms with Gasteiger partial charge in [-0.15, -0.1) is 0 Å². The van der Waals surface area contributed by atoms with E-state index < -0.39 is 43.9 Å². The zero-order chi connectivity index (χ0) is 28.6. The maximum atomic E-state index is 13.9. The fourth-order valence-electron chi connectivity index (χ4n) is 3.68. The van der Waals surface area contributed by atoms with Gasteiger partial charge in [-0.2, -0.15) is 0 Å². The van der Waals surface area contributed by atoms with Gasteiger partial charge in [0.25, 0.3) is 21.6 Å². The second-order valence-corrected chi connectivity index (χ2v) is 9.95. The minimum atomic E-state index is -4.68. The fraction of sp³-hybridized carbons (Fsp3) is 0.231. The molecule has 0 heterocycles. The van der Waals surface area contributed by atoms with Gasteiger partial charge in [0.1, 0.15) is 18.0 Å². The van der Waals surface area contributed by atoms with Crippen LogP contribution in [0.2, 0.25) is 0 Å². The molecule has 2 N–H and O–H groups in total. The molecule has 3 rings (SSSR count). The molecule has 0 fully saturated rings. The predicted octanol–water partition coefficient (Wildman–Crippen LogP) is 3.59. The van der Waals surface area contributed by atoms with Crippen molar-refractivity contribution in [3.8, 4) is 11.5 Å². The number of hydrogen-bond donors (Lipinski definition) is 2. The van der Waals surface area contributed by atoms with Crippen molar-refractivity contribution in [2.24, 2.45) is 0 Å². The number of para-hydroxylation sites is 2. The zero-order valence-corrected chi connectivity index (χ0v) is 22.4. The molecule has 0 saturated carbocycles. The van der Waals surface area contributed by atoms with Crippen molar-refractivity contribution >= 4 is 38.9 Å². The van der Waals surface area contributed by atoms with Crippen LogP contribution in [0.5, 0.6) is 11.5 Å². The van der Waals surface area contributed by atoms with Crippen LogP contribution < -0.4 is 24.4 Å². The van der Waals surface area contributed by atoms with Crippen LogP contribution in [0.25, 0.3) is 0 Å². The highest BCUT2D eigenvalue weighted by molar-refractivity contribution is 7.93. The molecule has 0 saturated heterocycles. The summed E-state index contributed by atoms with van der Waals surface area (Å²) < 4.78 is 39.0. The van der Waals surface area contributed by atoms with Crippen molar-refractivity contribution in [2.75, 3.05) is 36.9 Å². The fourth-order valence-corrected chi connectivity index (χ4v) is 5.27. The SMILES string of the molecule is CCCNC(=O)c1ccccc1NC(=O)CN(c1ccc(OC)cc1OC)S(=O)(=O)c1ccccc1[N+](=O)[O-]. The minimum Gasteiger partial charge on any atom is -0.497 e. The lowest BCUT2D eigenvalue weighted by Crippen LogP contribution is -2.39. The number of sulfonamides is 1. The molecule has 0 radical (unpaired) electrons. The Morgan fingerprint density at radius 3 is 2.36 bits per heavy atom. The van der Waals surface area contributed by atoms with E-state index in [0.717, 1.165) is 12.1 Å². The first-order valence-electron chi connectivity index (χ1n) is 11.8. The van der Waals surface area contributed by atoms with E-state index in [2.05, 4.69) is 10.6 Å². The third-order valence-electron chi connectivity index (χ3n) is 5.55. The van der Waals surface area contributed by atoms with Gasteiger partial charge in [-0.1, -0.05) is 31.2 Å². The Morgan fingerprint density at radius 2 is 1.69 bits per heavy atom. The van der Waals surface area contributed by atoms with Gasteiger partial charge in [0, 0.05) is 18.7 Å². The molecule has 0 aliphatic rings. The van der Waals surface area contributed by atoms with Crippen molar-refractivity contribution in [1.29, 1.82) is 0 Å². The number of methoxy groups -OCH3 is 2. The molecular formula is C26H28N4O8S. The normalized spacial score (nSPS) is 10.8. The van der Waals surface area contributed by atoms with Gasteiger partial charge in [-0.05, 0) is 36.8 Å². The van der Waals surface area contributed by atoms with Gasteiger partial charge >= 0.3 is 0 Å². The first-order valence-corrected chi connectivity index (χ1v) is 13.2. The summed E-state index contributed by atoms with van der Waals surface area (Å²) in [6.07, 6.45) is 0.711. The van der Waals surface area contributed by atoms with E-state index in [4.69, 9.17) is 9.47 Å². The highest BCUT2D eigenvalue weighted by atomic mass is 32.2. The molecule has 3 aromatic carbocycles. The molecule has 206 valence electrons. The predicted molar refractivity (Wildman–Crippen MR) is 145 cm³/mol. The Morgan fingerprint density at radius 1 is 1.00 bits per heavy atom. The van der Waals surface area contributed by atoms with Gasteiger partial charge in [-0.3, -0.25) is 24.0 Å². The van der Waals surface area contributed by atoms with Crippen LogP contribution in [0.15, 0.2) is 71.6 Å². The molecule has 2 amide bonds. The molecule has 0 unspecified atom stereocenters. The van der Waals surface area contributed by atoms with Crippen LogP contribution in [0.3, 0.4) is 0 Å². The average Bonchev–Trinajstić information content (AvgIpc) is 2.94. The Bertz CT molecular complexity index is 1480. The summed E-state index contributed by atoms with van der Waals surface area (Å²) in [5.41, 5.74) is -0.357. The average molecular weight is 557 g/mol. The molecule has 13 heteroatoms. The second-order valence-electron chi connectivity index (χ2n) is 8.12. The van der Waals surface area contributed by atoms with Crippen LogP contribution in [-0.2, 0) is 14.8 Å². The molecule has 0 aromatic heterocycles. The molecule has 12 nitrogen and oxygen atoms in total. The van der Waals surface area contributed by atoms with Gasteiger partial charge in [0.2, 0.25) is 5.91 Å². The number of carbonyl (C=O) groups excluding carboxylic acids is 2. The summed E-state index contributed by atoms with van der Waals surface area (Å²) >= 11 is 0. The van der Waals surface area contributed by atoms with Crippen LogP contribution in [0, 0.1) is 10.1 Å². The van der Waals surface area contributed by atoms with E-state index in [-0.39, 0.29) is 22.7 Å². The number of benzene rings is 3. The maximum Gasteiger partial charge on any atom is 0.289 e. The van der Waals surface area contributed by atoms with Crippen LogP contribution in [-0.4, -0.2) is 52.5 Å². The van der Waals surface area contributed by atoms with Gasteiger partial charge in [0.05, 0.1) is 36.1 Å². The third-order valence-corrected chi connectivity index (χ3v) is 7.36. The zero-order valence-electron chi connectivity index (χ0n) is 21.5. The van der Waals surface area contributed by atoms with Crippen molar-refractivity contribution in [1.82, 2.24) is 5.32 Å². The number of nitro groups is 1. The van der Waals surface area contributed by atoms with Gasteiger partial charge in [-0.25, -0.2) is 8.42 Å². The lowest BCUT2D eigenvalue weighted by molar-refractivity contribution is -0.387. The number of carbonyl (C=O) groups is 2. The van der Waals surface area contributed by atoms with Crippen LogP contribution in [0.1, 0.15) is 23.7 Å². The van der Waals surface area contributed by atoms with E-state index >= 15 is 0 Å². The largest absolute Gasteiger partial charge is 0.497 e. The van der Waals surface area contributed by atoms with E-state index in [1.54, 1.807) is 12.1 Å². The number of nitrogens with zero attached hydrogens (tertiary/aromatic N) is 2. The molecule has 0 spiro atoms. The topological polar surface area (TPSA) is 157 Å². The Balaban J connectivity index is 2.07. The summed E-state index contributed by atoms with van der Waals surface area (Å²) in [4.78, 5) is 36.0. The van der Waals surface area contributed by atoms with E-state index in [0.29, 0.717) is 23.0 Å². The summed E-state index contributed by atoms with van der Waals surface area (Å²) in [6, 6.07) is 15.3. The van der Waals surface area contributed by atoms with Crippen molar-refractivity contribution in [2.45, 2.75) is 18.2 Å². The van der Waals surface area contributed by atoms with E-state index in [1.165, 1.54) is 56.7 Å². The summed E-state index contributed by atoms with van der Waals surface area (Å²) in [5.74, 6) is -0.807. The standard InChI is InChI=1S/C26H28N4O8S/c1-4-15-27-26(32)19-9-5-6-10-20(19)28-25(31)17-29(21-14-13-18(37-2)16-23(21)38-3)39(35,36)24-12-8-7-11-22(24)30(33)34/h5-14,16H,4,15,17H2,1-3H3,(H,27,32)(H,28,31). The highest BCUT2D eigenvalue weighted by Crippen LogP contribution is 2.37. The van der Waals surface area contributed by atoms with Crippen molar-refractivity contribution in [3.63, 3.8) is 0 Å². The number of nitrogens with one attached hydrogen (secondary N) is 2. The third kappa shape index (κ3) is 6.62. The number of ether oxygens (including phenoxy) is 2. The smallest absolute Gasteiger partial charge is 0.289 e. The number of rotatable bonds is 12. The van der Waals surface area contributed by atoms with E-state index in [9.17, 15) is 28.1 Å². The number of nitro benzene ring substituents is 1. The molecule has 0 bridgehead atoms. The monoisotopic (exact) mass is 556 g/mol. The Hall–Kier alpha value is -4.65. The molecular weight excluding hydrogens is 528 g/mol. The van der Waals surface area contributed by atoms with E-state index in [1.807, 2.05) is 6.92 Å². The van der Waals surface area contributed by atoms with Crippen molar-refractivity contribution < 1.29 is 32.4 Å². The maximum absolute atomic E-state index is 13.9. The Kier molecular flexibility index (Phi) is 9.44. The quantitative estimate of drug-likeness (QED) is 0.253. The van der Waals surface area contributed by atoms with Gasteiger partial charge in [0.15, 0.2) is 4.90 Å². The first kappa shape index (κ1) is 28.9. The number of hydrogen-bond acceptors (Lipinski definition) is 8. The highest BCUT2D eigenvalue weighted by Gasteiger charge is 2.35.